The molecule has 0 saturated carbocycles. The summed E-state index contributed by atoms with van der Waals surface area (Å²) in [6, 6.07) is 0. The summed E-state index contributed by atoms with van der Waals surface area (Å²) >= 11 is 0. The molecule has 0 bridgehead atoms. The fourth-order valence-electron chi connectivity index (χ4n) is 3.16. The molecule has 3 nitrogen and oxygen atoms in total. The second kappa shape index (κ2) is 14.5. The zero-order valence-corrected chi connectivity index (χ0v) is 15.9. The number of hydrogen-bond donors (Lipinski definition) is 0. The summed E-state index contributed by atoms with van der Waals surface area (Å²) in [4.78, 5) is 10.9. The van der Waals surface area contributed by atoms with Crippen molar-refractivity contribution in [3.63, 3.8) is 0 Å². The van der Waals surface area contributed by atoms with Crippen LogP contribution in [-0.2, 0) is 14.3 Å². The van der Waals surface area contributed by atoms with Gasteiger partial charge in [-0.05, 0) is 38.5 Å². The minimum Gasteiger partial charge on any atom is -0.469 e. The number of carbonyl (C=O) groups excluding carboxylic acids is 1. The van der Waals surface area contributed by atoms with Crippen molar-refractivity contribution in [1.29, 1.82) is 0 Å². The van der Waals surface area contributed by atoms with Crippen LogP contribution in [0.15, 0.2) is 12.2 Å². The predicted molar refractivity (Wildman–Crippen MR) is 100 cm³/mol. The number of hydrogen-bond acceptors (Lipinski definition) is 3. The highest BCUT2D eigenvalue weighted by Gasteiger charge is 2.35. The maximum absolute atomic E-state index is 10.9. The molecule has 3 heteroatoms. The minimum absolute atomic E-state index is 0.102. The van der Waals surface area contributed by atoms with Gasteiger partial charge >= 0.3 is 5.97 Å². The SMILES string of the molecule is CCC1OC1CCCCCCCCCC/C=C\CCCC(=O)OC. The zero-order chi connectivity index (χ0) is 17.5. The fraction of sp³-hybridized carbons (Fsp3) is 0.857. The third-order valence-corrected chi connectivity index (χ3v) is 4.85. The molecular weight excluding hydrogens is 300 g/mol. The van der Waals surface area contributed by atoms with Crippen LogP contribution in [0, 0.1) is 0 Å². The Morgan fingerprint density at radius 2 is 1.46 bits per heavy atom. The van der Waals surface area contributed by atoms with Gasteiger partial charge < -0.3 is 9.47 Å². The molecule has 2 unspecified atom stereocenters. The van der Waals surface area contributed by atoms with Crippen molar-refractivity contribution in [2.24, 2.45) is 0 Å². The number of allylic oxidation sites excluding steroid dienone is 2. The molecule has 2 atom stereocenters. The van der Waals surface area contributed by atoms with E-state index in [2.05, 4.69) is 23.8 Å². The van der Waals surface area contributed by atoms with Crippen LogP contribution in [0.5, 0.6) is 0 Å². The van der Waals surface area contributed by atoms with Crippen LogP contribution >= 0.6 is 0 Å². The van der Waals surface area contributed by atoms with Gasteiger partial charge in [-0.25, -0.2) is 0 Å². The fourth-order valence-corrected chi connectivity index (χ4v) is 3.16. The van der Waals surface area contributed by atoms with Crippen molar-refractivity contribution in [2.75, 3.05) is 7.11 Å². The van der Waals surface area contributed by atoms with Gasteiger partial charge in [0.15, 0.2) is 0 Å². The van der Waals surface area contributed by atoms with Crippen LogP contribution in [0.25, 0.3) is 0 Å². The Balaban J connectivity index is 1.71. The molecule has 140 valence electrons. The van der Waals surface area contributed by atoms with E-state index >= 15 is 0 Å². The van der Waals surface area contributed by atoms with Gasteiger partial charge in [-0.1, -0.05) is 64.0 Å². The lowest BCUT2D eigenvalue weighted by molar-refractivity contribution is -0.140. The average Bonchev–Trinajstić information content (AvgIpc) is 3.36. The maximum atomic E-state index is 10.9. The van der Waals surface area contributed by atoms with Gasteiger partial charge in [-0.15, -0.1) is 0 Å². The van der Waals surface area contributed by atoms with Crippen molar-refractivity contribution >= 4 is 5.97 Å². The highest BCUT2D eigenvalue weighted by Crippen LogP contribution is 2.29. The molecule has 0 spiro atoms. The van der Waals surface area contributed by atoms with E-state index in [1.54, 1.807) is 0 Å². The van der Waals surface area contributed by atoms with Gasteiger partial charge in [0.1, 0.15) is 0 Å². The summed E-state index contributed by atoms with van der Waals surface area (Å²) in [6.07, 6.45) is 22.7. The molecule has 1 saturated heterocycles. The van der Waals surface area contributed by atoms with E-state index in [1.807, 2.05) is 0 Å². The van der Waals surface area contributed by atoms with Gasteiger partial charge in [0.05, 0.1) is 19.3 Å². The summed E-state index contributed by atoms with van der Waals surface area (Å²) in [7, 11) is 1.45. The molecule has 0 radical (unpaired) electrons. The van der Waals surface area contributed by atoms with Crippen molar-refractivity contribution < 1.29 is 14.3 Å². The van der Waals surface area contributed by atoms with E-state index in [9.17, 15) is 4.79 Å². The second-order valence-electron chi connectivity index (χ2n) is 6.97. The number of unbranched alkanes of at least 4 members (excludes halogenated alkanes) is 9. The molecular formula is C21H38O3. The van der Waals surface area contributed by atoms with Crippen LogP contribution in [0.4, 0.5) is 0 Å². The van der Waals surface area contributed by atoms with Crippen molar-refractivity contribution in [1.82, 2.24) is 0 Å². The molecule has 1 aliphatic heterocycles. The van der Waals surface area contributed by atoms with Gasteiger partial charge in [0, 0.05) is 6.42 Å². The van der Waals surface area contributed by atoms with Crippen LogP contribution in [-0.4, -0.2) is 25.3 Å². The number of carbonyl (C=O) groups is 1. The first kappa shape index (κ1) is 21.2. The van der Waals surface area contributed by atoms with Gasteiger partial charge in [-0.2, -0.15) is 0 Å². The molecule has 0 aromatic rings. The molecule has 1 aliphatic rings. The van der Waals surface area contributed by atoms with E-state index in [4.69, 9.17) is 4.74 Å². The highest BCUT2D eigenvalue weighted by molar-refractivity contribution is 5.68. The quantitative estimate of drug-likeness (QED) is 0.151. The molecule has 1 fully saturated rings. The maximum Gasteiger partial charge on any atom is 0.305 e. The molecule has 24 heavy (non-hydrogen) atoms. The Morgan fingerprint density at radius 3 is 2.04 bits per heavy atom. The molecule has 1 heterocycles. The first-order valence-corrected chi connectivity index (χ1v) is 10.1. The Labute approximate surface area is 149 Å². The first-order chi connectivity index (χ1) is 11.8. The minimum atomic E-state index is -0.102. The van der Waals surface area contributed by atoms with Crippen LogP contribution in [0.1, 0.15) is 96.8 Å². The van der Waals surface area contributed by atoms with Crippen LogP contribution < -0.4 is 0 Å². The van der Waals surface area contributed by atoms with Gasteiger partial charge in [0.2, 0.25) is 0 Å². The summed E-state index contributed by atoms with van der Waals surface area (Å²) in [5, 5.41) is 0. The number of ether oxygens (including phenoxy) is 2. The summed E-state index contributed by atoms with van der Waals surface area (Å²) in [5.41, 5.74) is 0. The highest BCUT2D eigenvalue weighted by atomic mass is 16.6. The van der Waals surface area contributed by atoms with Crippen LogP contribution in [0.2, 0.25) is 0 Å². The lowest BCUT2D eigenvalue weighted by Gasteiger charge is -2.01. The van der Waals surface area contributed by atoms with Crippen molar-refractivity contribution in [3.8, 4) is 0 Å². The van der Waals surface area contributed by atoms with E-state index in [0.717, 1.165) is 12.8 Å². The normalized spacial score (nSPS) is 19.8. The molecule has 0 amide bonds. The molecule has 0 aromatic heterocycles. The number of rotatable bonds is 16. The molecule has 0 aromatic carbocycles. The Bertz CT molecular complexity index is 338. The van der Waals surface area contributed by atoms with Crippen molar-refractivity contribution in [2.45, 2.75) is 109 Å². The molecule has 1 rings (SSSR count). The van der Waals surface area contributed by atoms with Gasteiger partial charge in [0.25, 0.3) is 0 Å². The first-order valence-electron chi connectivity index (χ1n) is 10.1. The zero-order valence-electron chi connectivity index (χ0n) is 15.9. The monoisotopic (exact) mass is 338 g/mol. The summed E-state index contributed by atoms with van der Waals surface area (Å²) in [6.45, 7) is 2.21. The number of esters is 1. The average molecular weight is 339 g/mol. The Hall–Kier alpha value is -0.830. The Kier molecular flexibility index (Phi) is 12.8. The standard InChI is InChI=1S/C21H38O3/c1-3-19-20(24-19)17-15-13-11-9-7-5-4-6-8-10-12-14-16-18-21(22)23-2/h10,12,19-20H,3-9,11,13-18H2,1-2H3/b12-10-. The molecule has 0 aliphatic carbocycles. The van der Waals surface area contributed by atoms with E-state index in [1.165, 1.54) is 77.7 Å². The smallest absolute Gasteiger partial charge is 0.305 e. The number of epoxide rings is 1. The van der Waals surface area contributed by atoms with E-state index in [0.29, 0.717) is 18.6 Å². The Morgan fingerprint density at radius 1 is 0.875 bits per heavy atom. The largest absolute Gasteiger partial charge is 0.469 e. The van der Waals surface area contributed by atoms with E-state index in [-0.39, 0.29) is 5.97 Å². The topological polar surface area (TPSA) is 38.8 Å². The summed E-state index contributed by atoms with van der Waals surface area (Å²) in [5.74, 6) is -0.102. The number of methoxy groups -OCH3 is 1. The molecule has 0 N–H and O–H groups in total. The summed E-state index contributed by atoms with van der Waals surface area (Å²) < 4.78 is 10.2. The third kappa shape index (κ3) is 11.7. The van der Waals surface area contributed by atoms with Crippen molar-refractivity contribution in [3.05, 3.63) is 12.2 Å². The van der Waals surface area contributed by atoms with E-state index < -0.39 is 0 Å². The van der Waals surface area contributed by atoms with Crippen LogP contribution in [0.3, 0.4) is 0 Å². The van der Waals surface area contributed by atoms with Gasteiger partial charge in [-0.3, -0.25) is 4.79 Å². The predicted octanol–water partition coefficient (Wildman–Crippen LogP) is 5.96. The lowest BCUT2D eigenvalue weighted by atomic mass is 10.0. The lowest BCUT2D eigenvalue weighted by Crippen LogP contribution is -1.98. The second-order valence-corrected chi connectivity index (χ2v) is 6.97. The third-order valence-electron chi connectivity index (χ3n) is 4.85.